The van der Waals surface area contributed by atoms with Crippen LogP contribution in [0.4, 0.5) is 0 Å². The van der Waals surface area contributed by atoms with Gasteiger partial charge in [0, 0.05) is 12.1 Å². The van der Waals surface area contributed by atoms with E-state index in [1.165, 1.54) is 0 Å². The Bertz CT molecular complexity index is 361. The summed E-state index contributed by atoms with van der Waals surface area (Å²) in [6, 6.07) is 0. The van der Waals surface area contributed by atoms with Crippen LogP contribution in [0.3, 0.4) is 0 Å². The molecule has 1 saturated carbocycles. The molecule has 100 valence electrons. The summed E-state index contributed by atoms with van der Waals surface area (Å²) in [5.74, 6) is -0.968. The molecule has 1 rings (SSSR count). The maximum atomic E-state index is 11.7. The van der Waals surface area contributed by atoms with Crippen LogP contribution in [-0.4, -0.2) is 31.6 Å². The number of aliphatic carboxylic acids is 1. The van der Waals surface area contributed by atoms with E-state index >= 15 is 0 Å². The van der Waals surface area contributed by atoms with Gasteiger partial charge in [-0.3, -0.25) is 4.79 Å². The number of nitrogens with one attached hydrogen (secondary N) is 2. The average molecular weight is 264 g/mol. The Morgan fingerprint density at radius 1 is 1.35 bits per heavy atom. The second-order valence-corrected chi connectivity index (χ2v) is 6.06. The molecule has 0 aliphatic heterocycles. The molecule has 1 aliphatic rings. The normalized spacial score (nSPS) is 19.4. The van der Waals surface area contributed by atoms with Crippen molar-refractivity contribution in [2.75, 3.05) is 6.54 Å². The van der Waals surface area contributed by atoms with Gasteiger partial charge in [0.15, 0.2) is 0 Å². The first-order valence-electron chi connectivity index (χ1n) is 5.89. The molecule has 7 heteroatoms. The minimum absolute atomic E-state index is 0.153. The quantitative estimate of drug-likeness (QED) is 0.627. The van der Waals surface area contributed by atoms with Gasteiger partial charge in [0.2, 0.25) is 0 Å². The SMILES string of the molecule is CCCNS(=O)(=O)NC1(CC(=O)O)CCCC1. The van der Waals surface area contributed by atoms with E-state index in [4.69, 9.17) is 5.11 Å². The fourth-order valence-corrected chi connectivity index (χ4v) is 3.61. The minimum atomic E-state index is -3.59. The van der Waals surface area contributed by atoms with Crippen molar-refractivity contribution in [3.8, 4) is 0 Å². The number of carbonyl (C=O) groups is 1. The van der Waals surface area contributed by atoms with Crippen LogP contribution in [0, 0.1) is 0 Å². The van der Waals surface area contributed by atoms with Crippen LogP contribution < -0.4 is 9.44 Å². The Balaban J connectivity index is 2.69. The number of rotatable bonds is 7. The molecule has 0 aromatic heterocycles. The largest absolute Gasteiger partial charge is 0.481 e. The molecule has 3 N–H and O–H groups in total. The zero-order valence-corrected chi connectivity index (χ0v) is 10.8. The molecule has 0 heterocycles. The molecule has 1 aliphatic carbocycles. The van der Waals surface area contributed by atoms with E-state index in [1.54, 1.807) is 0 Å². The zero-order chi connectivity index (χ0) is 12.9. The van der Waals surface area contributed by atoms with Gasteiger partial charge in [0.1, 0.15) is 0 Å². The first-order chi connectivity index (χ1) is 7.89. The molecule has 0 saturated heterocycles. The van der Waals surface area contributed by atoms with E-state index in [2.05, 4.69) is 9.44 Å². The molecule has 0 spiro atoms. The highest BCUT2D eigenvalue weighted by atomic mass is 32.2. The molecule has 0 amide bonds. The molecule has 1 fully saturated rings. The van der Waals surface area contributed by atoms with Crippen LogP contribution in [0.15, 0.2) is 0 Å². The summed E-state index contributed by atoms with van der Waals surface area (Å²) in [5.41, 5.74) is -0.800. The first-order valence-corrected chi connectivity index (χ1v) is 7.38. The summed E-state index contributed by atoms with van der Waals surface area (Å²) in [5, 5.41) is 8.86. The standard InChI is InChI=1S/C10H20N2O4S/c1-2-7-11-17(15,16)12-10(8-9(13)14)5-3-4-6-10/h11-12H,2-8H2,1H3,(H,13,14). The summed E-state index contributed by atoms with van der Waals surface area (Å²) >= 11 is 0. The highest BCUT2D eigenvalue weighted by Gasteiger charge is 2.39. The van der Waals surface area contributed by atoms with Crippen molar-refractivity contribution in [3.05, 3.63) is 0 Å². The molecule has 17 heavy (non-hydrogen) atoms. The van der Waals surface area contributed by atoms with Crippen molar-refractivity contribution < 1.29 is 18.3 Å². The van der Waals surface area contributed by atoms with Crippen LogP contribution in [-0.2, 0) is 15.0 Å². The molecule has 0 atom stereocenters. The summed E-state index contributed by atoms with van der Waals surface area (Å²) in [7, 11) is -3.59. The minimum Gasteiger partial charge on any atom is -0.481 e. The van der Waals surface area contributed by atoms with Crippen molar-refractivity contribution in [1.29, 1.82) is 0 Å². The van der Waals surface area contributed by atoms with E-state index in [0.29, 0.717) is 25.8 Å². The summed E-state index contributed by atoms with van der Waals surface area (Å²) in [6.45, 7) is 2.23. The van der Waals surface area contributed by atoms with E-state index in [1.807, 2.05) is 6.92 Å². The summed E-state index contributed by atoms with van der Waals surface area (Å²) in [6.07, 6.45) is 3.46. The third-order valence-corrected chi connectivity index (χ3v) is 4.23. The van der Waals surface area contributed by atoms with Gasteiger partial charge in [0.25, 0.3) is 10.2 Å². The fraction of sp³-hybridized carbons (Fsp3) is 0.900. The van der Waals surface area contributed by atoms with Crippen LogP contribution in [0.5, 0.6) is 0 Å². The average Bonchev–Trinajstić information content (AvgIpc) is 2.61. The van der Waals surface area contributed by atoms with E-state index < -0.39 is 21.7 Å². The zero-order valence-electron chi connectivity index (χ0n) is 10.0. The molecule has 0 aromatic carbocycles. The molecule has 0 aromatic rings. The highest BCUT2D eigenvalue weighted by molar-refractivity contribution is 7.87. The second-order valence-electron chi connectivity index (χ2n) is 4.56. The maximum absolute atomic E-state index is 11.7. The van der Waals surface area contributed by atoms with E-state index in [9.17, 15) is 13.2 Å². The Morgan fingerprint density at radius 3 is 2.41 bits per heavy atom. The molecule has 6 nitrogen and oxygen atoms in total. The smallest absolute Gasteiger partial charge is 0.305 e. The fourth-order valence-electron chi connectivity index (χ4n) is 2.21. The topological polar surface area (TPSA) is 95.5 Å². The van der Waals surface area contributed by atoms with Gasteiger partial charge in [-0.1, -0.05) is 19.8 Å². The Kier molecular flexibility index (Phi) is 4.91. The maximum Gasteiger partial charge on any atom is 0.305 e. The molecule has 0 radical (unpaired) electrons. The van der Waals surface area contributed by atoms with Gasteiger partial charge < -0.3 is 5.11 Å². The van der Waals surface area contributed by atoms with Crippen LogP contribution in [0.1, 0.15) is 45.4 Å². The Morgan fingerprint density at radius 2 is 1.94 bits per heavy atom. The van der Waals surface area contributed by atoms with Gasteiger partial charge in [0.05, 0.1) is 6.42 Å². The van der Waals surface area contributed by atoms with E-state index in [0.717, 1.165) is 12.8 Å². The molecular weight excluding hydrogens is 244 g/mol. The lowest BCUT2D eigenvalue weighted by atomic mass is 9.95. The van der Waals surface area contributed by atoms with Gasteiger partial charge in [-0.25, -0.2) is 4.72 Å². The molecule has 0 unspecified atom stereocenters. The van der Waals surface area contributed by atoms with Crippen molar-refractivity contribution in [3.63, 3.8) is 0 Å². The number of carboxylic acid groups (broad SMARTS) is 1. The lowest BCUT2D eigenvalue weighted by Crippen LogP contribution is -2.51. The van der Waals surface area contributed by atoms with Gasteiger partial charge in [-0.2, -0.15) is 13.1 Å². The van der Waals surface area contributed by atoms with Crippen LogP contribution >= 0.6 is 0 Å². The van der Waals surface area contributed by atoms with Crippen LogP contribution in [0.2, 0.25) is 0 Å². The summed E-state index contributed by atoms with van der Waals surface area (Å²) < 4.78 is 28.4. The van der Waals surface area contributed by atoms with Gasteiger partial charge in [-0.05, 0) is 19.3 Å². The lowest BCUT2D eigenvalue weighted by Gasteiger charge is -2.28. The third-order valence-electron chi connectivity index (χ3n) is 2.94. The van der Waals surface area contributed by atoms with Crippen molar-refractivity contribution >= 4 is 16.2 Å². The summed E-state index contributed by atoms with van der Waals surface area (Å²) in [4.78, 5) is 10.8. The molecule has 0 bridgehead atoms. The van der Waals surface area contributed by atoms with Gasteiger partial charge in [-0.15, -0.1) is 0 Å². The molecular formula is C10H20N2O4S. The van der Waals surface area contributed by atoms with Crippen molar-refractivity contribution in [2.24, 2.45) is 0 Å². The number of hydrogen-bond acceptors (Lipinski definition) is 3. The van der Waals surface area contributed by atoms with Gasteiger partial charge >= 0.3 is 5.97 Å². The monoisotopic (exact) mass is 264 g/mol. The predicted octanol–water partition coefficient (Wildman–Crippen LogP) is 0.608. The van der Waals surface area contributed by atoms with Crippen molar-refractivity contribution in [2.45, 2.75) is 51.0 Å². The Hall–Kier alpha value is -0.660. The first kappa shape index (κ1) is 14.4. The number of carboxylic acids is 1. The predicted molar refractivity (Wildman–Crippen MR) is 63.8 cm³/mol. The lowest BCUT2D eigenvalue weighted by molar-refractivity contribution is -0.138. The Labute approximate surface area is 102 Å². The second kappa shape index (κ2) is 5.79. The van der Waals surface area contributed by atoms with E-state index in [-0.39, 0.29) is 6.42 Å². The van der Waals surface area contributed by atoms with Crippen molar-refractivity contribution in [1.82, 2.24) is 9.44 Å². The van der Waals surface area contributed by atoms with Crippen LogP contribution in [0.25, 0.3) is 0 Å². The third kappa shape index (κ3) is 4.61. The number of hydrogen-bond donors (Lipinski definition) is 3. The highest BCUT2D eigenvalue weighted by Crippen LogP contribution is 2.33.